The smallest absolute Gasteiger partial charge is 0.0620 e. The number of para-hydroxylation sites is 2. The Morgan fingerprint density at radius 2 is 1.46 bits per heavy atom. The first-order chi connectivity index (χ1) is 25.4. The van der Waals surface area contributed by atoms with Gasteiger partial charge in [-0.15, -0.1) is 5.73 Å². The Hall–Kier alpha value is -5.62. The van der Waals surface area contributed by atoms with E-state index in [-0.39, 0.29) is 5.41 Å². The van der Waals surface area contributed by atoms with Crippen molar-refractivity contribution in [2.45, 2.75) is 66.7 Å². The largest absolute Gasteiger partial charge is 0.309 e. The fourth-order valence-electron chi connectivity index (χ4n) is 8.10. The number of hydrogen-bond donors (Lipinski definition) is 0. The molecule has 0 unspecified atom stereocenters. The predicted molar refractivity (Wildman–Crippen MR) is 227 cm³/mol. The van der Waals surface area contributed by atoms with Crippen LogP contribution in [0.15, 0.2) is 150 Å². The highest BCUT2D eigenvalue weighted by Crippen LogP contribution is 2.51. The highest BCUT2D eigenvalue weighted by Gasteiger charge is 2.35. The van der Waals surface area contributed by atoms with Crippen LogP contribution >= 0.6 is 0 Å². The molecule has 258 valence electrons. The van der Waals surface area contributed by atoms with Gasteiger partial charge in [-0.05, 0) is 121 Å². The highest BCUT2D eigenvalue weighted by molar-refractivity contribution is 6.14. The van der Waals surface area contributed by atoms with Crippen molar-refractivity contribution in [2.75, 3.05) is 0 Å². The van der Waals surface area contributed by atoms with Gasteiger partial charge in [0.25, 0.3) is 0 Å². The summed E-state index contributed by atoms with van der Waals surface area (Å²) in [7, 11) is 0. The predicted octanol–water partition coefficient (Wildman–Crippen LogP) is 14.5. The second-order valence-corrected chi connectivity index (χ2v) is 14.3. The van der Waals surface area contributed by atoms with Crippen molar-refractivity contribution in [3.05, 3.63) is 178 Å². The molecule has 0 amide bonds. The summed E-state index contributed by atoms with van der Waals surface area (Å²) < 4.78 is 2.42. The van der Waals surface area contributed by atoms with Crippen molar-refractivity contribution in [1.82, 2.24) is 4.57 Å². The Morgan fingerprint density at radius 1 is 0.731 bits per heavy atom. The minimum absolute atomic E-state index is 0.0489. The molecule has 0 spiro atoms. The third-order valence-corrected chi connectivity index (χ3v) is 10.7. The molecule has 0 radical (unpaired) electrons. The van der Waals surface area contributed by atoms with Gasteiger partial charge in [0, 0.05) is 27.4 Å². The number of rotatable bonds is 3. The summed E-state index contributed by atoms with van der Waals surface area (Å²) in [4.78, 5) is 0. The first-order valence-electron chi connectivity index (χ1n) is 18.9. The SMILES string of the molecule is C/C=C\C1=C(C)CCC=C1.CC.Cc1ccc2c(c1)C(C)(C)c1cc(-c3cc4c5ccccc5n(-c5ccccc5)c4c4c3C=C=CC=C4)ccc1-2. The summed E-state index contributed by atoms with van der Waals surface area (Å²) in [6, 6.07) is 35.9. The molecular weight excluding hydrogens is 627 g/mol. The zero-order chi connectivity index (χ0) is 36.4. The van der Waals surface area contributed by atoms with Crippen molar-refractivity contribution >= 4 is 34.0 Å². The van der Waals surface area contributed by atoms with Gasteiger partial charge in [0.05, 0.1) is 11.0 Å². The molecule has 5 aromatic carbocycles. The number of benzene rings is 5. The van der Waals surface area contributed by atoms with Crippen LogP contribution in [0.5, 0.6) is 0 Å². The Kier molecular flexibility index (Phi) is 9.74. The second-order valence-electron chi connectivity index (χ2n) is 14.3. The minimum atomic E-state index is -0.0489. The van der Waals surface area contributed by atoms with Gasteiger partial charge >= 0.3 is 0 Å². The molecule has 0 saturated carbocycles. The maximum Gasteiger partial charge on any atom is 0.0620 e. The fraction of sp³-hybridized carbons (Fsp3) is 0.196. The minimum Gasteiger partial charge on any atom is -0.309 e. The molecule has 1 heteroatoms. The van der Waals surface area contributed by atoms with Crippen molar-refractivity contribution < 1.29 is 0 Å². The number of hydrogen-bond acceptors (Lipinski definition) is 0. The van der Waals surface area contributed by atoms with Crippen LogP contribution in [-0.2, 0) is 5.41 Å². The van der Waals surface area contributed by atoms with E-state index >= 15 is 0 Å². The van der Waals surface area contributed by atoms with E-state index in [1.165, 1.54) is 102 Å². The highest BCUT2D eigenvalue weighted by atomic mass is 15.0. The standard InChI is InChI=1S/C39H29N.C10H14.C2H6/c1-25-18-20-29-30-21-19-26(23-36(30)39(2,3)35(29)22-25)33-24-34-31-15-10-11-17-37(31)40(27-12-6-4-7-13-27)38(34)32-16-9-5-8-14-28(32)33;1-3-6-10-8-5-4-7-9(10)2;1-2/h4-7,9-24H,1-3H3;3,5-6,8H,4,7H2,1-2H3;1-2H3/b;6-3-;. The average molecular weight is 676 g/mol. The summed E-state index contributed by atoms with van der Waals surface area (Å²) in [6.07, 6.45) is 19.7. The first-order valence-corrected chi connectivity index (χ1v) is 18.9. The van der Waals surface area contributed by atoms with Gasteiger partial charge in [-0.3, -0.25) is 0 Å². The van der Waals surface area contributed by atoms with Crippen LogP contribution in [0, 0.1) is 6.92 Å². The fourth-order valence-corrected chi connectivity index (χ4v) is 8.10. The van der Waals surface area contributed by atoms with E-state index in [9.17, 15) is 0 Å². The zero-order valence-corrected chi connectivity index (χ0v) is 31.7. The van der Waals surface area contributed by atoms with Gasteiger partial charge in [0.2, 0.25) is 0 Å². The van der Waals surface area contributed by atoms with Crippen LogP contribution < -0.4 is 0 Å². The van der Waals surface area contributed by atoms with E-state index in [4.69, 9.17) is 0 Å². The monoisotopic (exact) mass is 675 g/mol. The van der Waals surface area contributed by atoms with E-state index in [0.29, 0.717) is 0 Å². The molecule has 1 nitrogen and oxygen atoms in total. The lowest BCUT2D eigenvalue weighted by Gasteiger charge is -2.23. The molecule has 9 rings (SSSR count). The zero-order valence-electron chi connectivity index (χ0n) is 31.7. The van der Waals surface area contributed by atoms with Gasteiger partial charge in [-0.25, -0.2) is 0 Å². The number of allylic oxidation sites excluding steroid dienone is 8. The second kappa shape index (κ2) is 14.5. The van der Waals surface area contributed by atoms with Crippen LogP contribution in [0.25, 0.3) is 61.9 Å². The maximum absolute atomic E-state index is 3.41. The van der Waals surface area contributed by atoms with E-state index < -0.39 is 0 Å². The third-order valence-electron chi connectivity index (χ3n) is 10.7. The van der Waals surface area contributed by atoms with Crippen LogP contribution in [0.3, 0.4) is 0 Å². The summed E-state index contributed by atoms with van der Waals surface area (Å²) in [5, 5.41) is 2.54. The van der Waals surface area contributed by atoms with E-state index in [1.807, 2.05) is 19.9 Å². The normalized spacial score (nSPS) is 14.8. The van der Waals surface area contributed by atoms with Crippen molar-refractivity contribution in [2.24, 2.45) is 0 Å². The summed E-state index contributed by atoms with van der Waals surface area (Å²) in [5.41, 5.74) is 21.7. The van der Waals surface area contributed by atoms with Gasteiger partial charge in [0.1, 0.15) is 0 Å². The first kappa shape index (κ1) is 34.8. The molecule has 1 heterocycles. The Bertz CT molecular complexity index is 2490. The van der Waals surface area contributed by atoms with Gasteiger partial charge in [-0.2, -0.15) is 0 Å². The lowest BCUT2D eigenvalue weighted by atomic mass is 9.80. The Morgan fingerprint density at radius 3 is 2.23 bits per heavy atom. The average Bonchev–Trinajstić information content (AvgIpc) is 3.46. The topological polar surface area (TPSA) is 4.93 Å². The molecule has 0 aliphatic heterocycles. The maximum atomic E-state index is 3.41. The molecule has 52 heavy (non-hydrogen) atoms. The number of nitrogens with zero attached hydrogens (tertiary/aromatic N) is 1. The number of fused-ring (bicyclic) bond motifs is 8. The van der Waals surface area contributed by atoms with Crippen molar-refractivity contribution in [3.8, 4) is 27.9 Å². The Balaban J connectivity index is 0.000000303. The molecule has 6 aromatic rings. The molecule has 1 aromatic heterocycles. The van der Waals surface area contributed by atoms with Crippen LogP contribution in [-0.4, -0.2) is 4.57 Å². The third kappa shape index (κ3) is 6.06. The summed E-state index contributed by atoms with van der Waals surface area (Å²) >= 11 is 0. The van der Waals surface area contributed by atoms with E-state index in [1.54, 1.807) is 0 Å². The van der Waals surface area contributed by atoms with Crippen LogP contribution in [0.4, 0.5) is 0 Å². The summed E-state index contributed by atoms with van der Waals surface area (Å²) in [6.45, 7) is 15.2. The Labute approximate surface area is 310 Å². The van der Waals surface area contributed by atoms with E-state index in [2.05, 4.69) is 185 Å². The van der Waals surface area contributed by atoms with Crippen LogP contribution in [0.1, 0.15) is 82.2 Å². The number of aryl methyl sites for hydroxylation is 1. The van der Waals surface area contributed by atoms with Crippen molar-refractivity contribution in [1.29, 1.82) is 0 Å². The quantitative estimate of drug-likeness (QED) is 0.165. The molecular formula is C51H49N. The molecule has 3 aliphatic carbocycles. The van der Waals surface area contributed by atoms with Crippen LogP contribution in [0.2, 0.25) is 0 Å². The molecule has 3 aliphatic rings. The molecule has 0 N–H and O–H groups in total. The number of aromatic nitrogens is 1. The lowest BCUT2D eigenvalue weighted by molar-refractivity contribution is 0.660. The van der Waals surface area contributed by atoms with Gasteiger partial charge < -0.3 is 4.57 Å². The van der Waals surface area contributed by atoms with E-state index in [0.717, 1.165) is 0 Å². The molecule has 0 atom stereocenters. The summed E-state index contributed by atoms with van der Waals surface area (Å²) in [5.74, 6) is 0. The van der Waals surface area contributed by atoms with Gasteiger partial charge in [-0.1, -0.05) is 142 Å². The molecule has 0 fully saturated rings. The lowest BCUT2D eigenvalue weighted by Crippen LogP contribution is -2.15. The van der Waals surface area contributed by atoms with Gasteiger partial charge in [0.15, 0.2) is 0 Å². The molecule has 0 saturated heterocycles. The molecule has 0 bridgehead atoms. The van der Waals surface area contributed by atoms with Crippen molar-refractivity contribution in [3.63, 3.8) is 0 Å².